The van der Waals surface area contributed by atoms with Crippen molar-refractivity contribution in [3.8, 4) is 5.75 Å². The van der Waals surface area contributed by atoms with Crippen molar-refractivity contribution in [3.05, 3.63) is 76.0 Å². The number of benzene rings is 1. The number of aliphatic hydroxyl groups is 1. The SMILES string of the molecule is OCCCc1cnc(C(Cc2ccncc2)c2ccccc2OC(F)F)s1. The summed E-state index contributed by atoms with van der Waals surface area (Å²) in [5.41, 5.74) is 1.71. The molecule has 0 saturated heterocycles. The van der Waals surface area contributed by atoms with Crippen molar-refractivity contribution in [1.29, 1.82) is 0 Å². The Morgan fingerprint density at radius 3 is 2.63 bits per heavy atom. The fourth-order valence-corrected chi connectivity index (χ4v) is 3.99. The maximum Gasteiger partial charge on any atom is 0.387 e. The number of aryl methyl sites for hydroxylation is 1. The molecule has 27 heavy (non-hydrogen) atoms. The van der Waals surface area contributed by atoms with E-state index in [4.69, 9.17) is 9.84 Å². The van der Waals surface area contributed by atoms with Gasteiger partial charge < -0.3 is 9.84 Å². The Hall–Kier alpha value is -2.38. The molecule has 0 aliphatic heterocycles. The van der Waals surface area contributed by atoms with Crippen molar-refractivity contribution >= 4 is 11.3 Å². The molecular formula is C20H20F2N2O2S. The number of aromatic nitrogens is 2. The highest BCUT2D eigenvalue weighted by Gasteiger charge is 2.23. The van der Waals surface area contributed by atoms with E-state index in [2.05, 4.69) is 9.97 Å². The van der Waals surface area contributed by atoms with Crippen LogP contribution in [0.5, 0.6) is 5.75 Å². The van der Waals surface area contributed by atoms with Crippen LogP contribution in [-0.4, -0.2) is 28.3 Å². The van der Waals surface area contributed by atoms with Crippen molar-refractivity contribution in [1.82, 2.24) is 9.97 Å². The van der Waals surface area contributed by atoms with Gasteiger partial charge in [-0.25, -0.2) is 4.98 Å². The van der Waals surface area contributed by atoms with Gasteiger partial charge in [-0.3, -0.25) is 4.98 Å². The zero-order valence-electron chi connectivity index (χ0n) is 14.6. The second-order valence-corrected chi connectivity index (χ2v) is 7.17. The molecule has 0 aliphatic carbocycles. The summed E-state index contributed by atoms with van der Waals surface area (Å²) in [6.07, 6.45) is 7.23. The summed E-state index contributed by atoms with van der Waals surface area (Å²) in [7, 11) is 0. The highest BCUT2D eigenvalue weighted by atomic mass is 32.1. The highest BCUT2D eigenvalue weighted by Crippen LogP contribution is 2.37. The number of hydrogen-bond donors (Lipinski definition) is 1. The monoisotopic (exact) mass is 390 g/mol. The molecule has 0 spiro atoms. The van der Waals surface area contributed by atoms with Gasteiger partial charge in [0.05, 0.1) is 0 Å². The molecule has 0 saturated carbocycles. The van der Waals surface area contributed by atoms with Crippen LogP contribution in [0.1, 0.15) is 33.4 Å². The average molecular weight is 390 g/mol. The van der Waals surface area contributed by atoms with Crippen LogP contribution >= 0.6 is 11.3 Å². The van der Waals surface area contributed by atoms with Crippen molar-refractivity contribution in [2.45, 2.75) is 31.8 Å². The van der Waals surface area contributed by atoms with E-state index in [0.717, 1.165) is 21.9 Å². The number of alkyl halides is 2. The third kappa shape index (κ3) is 5.30. The van der Waals surface area contributed by atoms with Crippen LogP contribution in [0.25, 0.3) is 0 Å². The minimum atomic E-state index is -2.89. The van der Waals surface area contributed by atoms with Crippen LogP contribution in [0, 0.1) is 0 Å². The quantitative estimate of drug-likeness (QED) is 0.587. The molecule has 0 bridgehead atoms. The predicted molar refractivity (Wildman–Crippen MR) is 100 cm³/mol. The number of thiazole rings is 1. The lowest BCUT2D eigenvalue weighted by Gasteiger charge is -2.19. The van der Waals surface area contributed by atoms with Gasteiger partial charge in [0.15, 0.2) is 0 Å². The minimum Gasteiger partial charge on any atom is -0.435 e. The zero-order valence-corrected chi connectivity index (χ0v) is 15.4. The van der Waals surface area contributed by atoms with E-state index in [9.17, 15) is 8.78 Å². The fraction of sp³-hybridized carbons (Fsp3) is 0.300. The summed E-state index contributed by atoms with van der Waals surface area (Å²) in [6.45, 7) is -2.76. The van der Waals surface area contributed by atoms with Crippen molar-refractivity contribution in [2.24, 2.45) is 0 Å². The first-order valence-corrected chi connectivity index (χ1v) is 9.47. The van der Waals surface area contributed by atoms with Gasteiger partial charge in [-0.2, -0.15) is 8.78 Å². The molecule has 3 aromatic rings. The standard InChI is InChI=1S/C20H20F2N2O2S/c21-20(22)26-18-6-2-1-5-16(18)17(12-14-7-9-23-10-8-14)19-24-13-15(27-19)4-3-11-25/h1-2,5-10,13,17,20,25H,3-4,11-12H2. The van der Waals surface area contributed by atoms with E-state index in [-0.39, 0.29) is 18.3 Å². The highest BCUT2D eigenvalue weighted by molar-refractivity contribution is 7.11. The van der Waals surface area contributed by atoms with Gasteiger partial charge in [0, 0.05) is 41.6 Å². The molecule has 1 atom stereocenters. The van der Waals surface area contributed by atoms with Crippen LogP contribution < -0.4 is 4.74 Å². The minimum absolute atomic E-state index is 0.124. The number of ether oxygens (including phenoxy) is 1. The van der Waals surface area contributed by atoms with E-state index in [1.807, 2.05) is 18.2 Å². The molecule has 2 aromatic heterocycles. The van der Waals surface area contributed by atoms with Gasteiger partial charge in [-0.1, -0.05) is 18.2 Å². The second-order valence-electron chi connectivity index (χ2n) is 6.02. The van der Waals surface area contributed by atoms with Crippen molar-refractivity contribution < 1.29 is 18.6 Å². The summed E-state index contributed by atoms with van der Waals surface area (Å²) in [5.74, 6) is -0.0473. The Morgan fingerprint density at radius 2 is 1.89 bits per heavy atom. The fourth-order valence-electron chi connectivity index (χ4n) is 2.91. The summed E-state index contributed by atoms with van der Waals surface area (Å²) in [4.78, 5) is 9.63. The maximum absolute atomic E-state index is 12.9. The Morgan fingerprint density at radius 1 is 1.11 bits per heavy atom. The van der Waals surface area contributed by atoms with Crippen LogP contribution in [0.15, 0.2) is 55.0 Å². The number of para-hydroxylation sites is 1. The Balaban J connectivity index is 1.96. The largest absolute Gasteiger partial charge is 0.435 e. The topological polar surface area (TPSA) is 55.2 Å². The summed E-state index contributed by atoms with van der Waals surface area (Å²) in [5, 5.41) is 9.87. The smallest absolute Gasteiger partial charge is 0.387 e. The Labute approximate surface area is 160 Å². The molecule has 0 radical (unpaired) electrons. The number of aliphatic hydroxyl groups excluding tert-OH is 1. The normalized spacial score (nSPS) is 12.3. The Bertz CT molecular complexity index is 843. The first-order valence-electron chi connectivity index (χ1n) is 8.65. The molecule has 0 aliphatic rings. The predicted octanol–water partition coefficient (Wildman–Crippen LogP) is 4.44. The number of nitrogens with zero attached hydrogens (tertiary/aromatic N) is 2. The van der Waals surface area contributed by atoms with Crippen LogP contribution in [-0.2, 0) is 12.8 Å². The summed E-state index contributed by atoms with van der Waals surface area (Å²) < 4.78 is 30.5. The lowest BCUT2D eigenvalue weighted by molar-refractivity contribution is -0.0505. The van der Waals surface area contributed by atoms with E-state index >= 15 is 0 Å². The van der Waals surface area contributed by atoms with E-state index in [1.165, 1.54) is 0 Å². The van der Waals surface area contributed by atoms with Crippen molar-refractivity contribution in [3.63, 3.8) is 0 Å². The van der Waals surface area contributed by atoms with E-state index < -0.39 is 6.61 Å². The summed E-state index contributed by atoms with van der Waals surface area (Å²) in [6, 6.07) is 10.7. The van der Waals surface area contributed by atoms with Crippen molar-refractivity contribution in [2.75, 3.05) is 6.61 Å². The van der Waals surface area contributed by atoms with Gasteiger partial charge in [0.2, 0.25) is 0 Å². The van der Waals surface area contributed by atoms with E-state index in [1.54, 1.807) is 48.1 Å². The molecule has 1 N–H and O–H groups in total. The van der Waals surface area contributed by atoms with Gasteiger partial charge in [0.25, 0.3) is 0 Å². The number of hydrogen-bond acceptors (Lipinski definition) is 5. The van der Waals surface area contributed by atoms with Gasteiger partial charge in [0.1, 0.15) is 10.8 Å². The number of pyridine rings is 1. The average Bonchev–Trinajstić information content (AvgIpc) is 3.14. The molecule has 2 heterocycles. The molecule has 1 aromatic carbocycles. The first kappa shape index (κ1) is 19.4. The lowest BCUT2D eigenvalue weighted by atomic mass is 9.92. The van der Waals surface area contributed by atoms with Crippen LogP contribution in [0.3, 0.4) is 0 Å². The third-order valence-electron chi connectivity index (χ3n) is 4.15. The summed E-state index contributed by atoms with van der Waals surface area (Å²) >= 11 is 1.54. The molecule has 0 amide bonds. The van der Waals surface area contributed by atoms with E-state index in [0.29, 0.717) is 18.4 Å². The maximum atomic E-state index is 12.9. The number of halogens is 2. The first-order chi connectivity index (χ1) is 13.2. The molecular weight excluding hydrogens is 370 g/mol. The molecule has 4 nitrogen and oxygen atoms in total. The van der Waals surface area contributed by atoms with Gasteiger partial charge in [-0.05, 0) is 43.0 Å². The molecule has 7 heteroatoms. The van der Waals surface area contributed by atoms with Crippen LogP contribution in [0.4, 0.5) is 8.78 Å². The molecule has 0 fully saturated rings. The third-order valence-corrected chi connectivity index (χ3v) is 5.32. The Kier molecular flexibility index (Phi) is 6.84. The van der Waals surface area contributed by atoms with Gasteiger partial charge >= 0.3 is 6.61 Å². The van der Waals surface area contributed by atoms with Crippen LogP contribution in [0.2, 0.25) is 0 Å². The second kappa shape index (κ2) is 9.53. The molecule has 1 unspecified atom stereocenters. The number of rotatable bonds is 9. The molecule has 3 rings (SSSR count). The molecule has 142 valence electrons. The lowest BCUT2D eigenvalue weighted by Crippen LogP contribution is -2.10. The zero-order chi connectivity index (χ0) is 19.1. The van der Waals surface area contributed by atoms with Gasteiger partial charge in [-0.15, -0.1) is 11.3 Å².